The number of methoxy groups -OCH3 is 2. The molecule has 0 atom stereocenters. The van der Waals surface area contributed by atoms with Crippen molar-refractivity contribution < 1.29 is 213 Å². The van der Waals surface area contributed by atoms with Crippen LogP contribution in [-0.2, 0) is 48.6 Å². The van der Waals surface area contributed by atoms with E-state index in [0.717, 1.165) is 38.5 Å². The Balaban J connectivity index is -0.0000000288. The van der Waals surface area contributed by atoms with E-state index >= 15 is 0 Å². The lowest BCUT2D eigenvalue weighted by Gasteiger charge is -2.11. The number of primary sulfonamides is 3. The number of ether oxygens (including phenoxy) is 2. The van der Waals surface area contributed by atoms with Gasteiger partial charge in [-0.1, -0.05) is 7.43 Å². The summed E-state index contributed by atoms with van der Waals surface area (Å²) in [4.78, 5) is 43.7. The van der Waals surface area contributed by atoms with Crippen LogP contribution in [0, 0.1) is 80.0 Å². The van der Waals surface area contributed by atoms with Gasteiger partial charge in [0.1, 0.15) is 37.0 Å². The van der Waals surface area contributed by atoms with E-state index in [4.69, 9.17) is 142 Å². The Bertz CT molecular complexity index is 3830. The van der Waals surface area contributed by atoms with Crippen LogP contribution in [-0.4, -0.2) is 71.6 Å². The van der Waals surface area contributed by atoms with Crippen LogP contribution in [0.15, 0.2) is 92.4 Å². The first kappa shape index (κ1) is 31.0. The van der Waals surface area contributed by atoms with Gasteiger partial charge in [0.25, 0.3) is 20.9 Å². The van der Waals surface area contributed by atoms with Crippen molar-refractivity contribution in [2.24, 2.45) is 15.4 Å². The zero-order valence-corrected chi connectivity index (χ0v) is 45.4. The van der Waals surface area contributed by atoms with Gasteiger partial charge >= 0.3 is 11.9 Å². The lowest BCUT2D eigenvalue weighted by molar-refractivity contribution is 0.0591. The van der Waals surface area contributed by atoms with Crippen molar-refractivity contribution in [3.8, 4) is 0 Å². The largest absolute Gasteiger partial charge is 0.465 e. The van der Waals surface area contributed by atoms with Crippen LogP contribution in [0.5, 0.6) is 0 Å². The molecule has 0 unspecified atom stereocenters. The molecule has 0 radical (unpaired) electrons. The highest BCUT2D eigenvalue weighted by molar-refractivity contribution is 8.13. The summed E-state index contributed by atoms with van der Waals surface area (Å²) in [6, 6.07) is 10.2. The van der Waals surface area contributed by atoms with Gasteiger partial charge in [-0.05, 0) is 98.5 Å². The highest BCUT2D eigenvalue weighted by atomic mass is 35.7. The summed E-state index contributed by atoms with van der Waals surface area (Å²) in [6.07, 6.45) is 0. The van der Waals surface area contributed by atoms with E-state index in [9.17, 15) is 92.4 Å². The molecule has 0 saturated heterocycles. The number of aryl methyl sites for hydroxylation is 4. The summed E-state index contributed by atoms with van der Waals surface area (Å²) >= 11 is 0. The molecule has 516 valence electrons. The molecule has 6 aromatic carbocycles. The fourth-order valence-electron chi connectivity index (χ4n) is 6.20. The molecule has 0 aliphatic heterocycles. The minimum absolute atomic E-state index is 0. The number of benzene rings is 6. The molecule has 0 spiro atoms. The van der Waals surface area contributed by atoms with Gasteiger partial charge in [0.2, 0.25) is 30.1 Å². The maximum Gasteiger partial charge on any atom is 0.337 e. The van der Waals surface area contributed by atoms with Crippen molar-refractivity contribution >= 4 is 90.6 Å². The fraction of sp³-hybridized carbons (Fsp3) is 0.149. The number of hydrogen-bond acceptors (Lipinski definition) is 15. The number of halogens is 10. The number of sulfonamides is 3. The number of anilines is 3. The normalized spacial score (nSPS) is 14.9. The molecule has 81 heavy (non-hydrogen) atoms. The smallest absolute Gasteiger partial charge is 0.337 e. The van der Waals surface area contributed by atoms with E-state index < -0.39 is 140 Å². The molecule has 0 heterocycles. The number of esters is 2. The summed E-state index contributed by atoms with van der Waals surface area (Å²) < 4.78 is 588. The predicted molar refractivity (Wildman–Crippen MR) is 354 cm³/mol. The monoisotopic (exact) mass is 1400 g/mol. The van der Waals surface area contributed by atoms with E-state index in [1.54, 1.807) is 0 Å². The average molecular weight is 1400 g/mol. The van der Waals surface area contributed by atoms with Crippen LogP contribution in [0.1, 0.15) is 182 Å². The van der Waals surface area contributed by atoms with Crippen molar-refractivity contribution in [1.82, 2.24) is 0 Å². The topological polar surface area (TPSA) is 351 Å². The second-order valence-corrected chi connectivity index (χ2v) is 23.1. The quantitative estimate of drug-likeness (QED) is 0.0244. The SMILES string of the molecule is C.COC(=O)c1cc(C)c(F)c(S(=O)(=O)Cl)c1.COC(=O)c1cc(C)c(F)c(S(N)(=O)=O)c1.Cc1cc(C(=O)Nc2cc(F)c(F)c(F)c2)cc(S(N)(=O)=O)c1F.Cc1cc(C(=O)Nc2cc(F)c(F)c(F)c2)cc(S(N)(=O)=O)c1N.[2HH].[2H][2H].[2H][2H].[2H][2H].[2H][2H].[2H][2H].[2H][2H].[2H][2H].[2H][2H].[2H][2H].[2H][2H].[2H][2H].[2H][2H].[2H][2H].[2H][2H].[2H][2H].[2H][2H].[2H][2H].[2H][2H].[2H][2H].[2H][2H].[2H][2H].[2H][2H].[2H][2H].[2H][2H].[2H][2H].[2H][2H].[2H][2H].[2H][2H].[2H][2H].[2H][2H].[2H][2H].[2H][2H].[2H][2H].[2H][2H].[2H][2H].[2H][2H].[2H][2H]. The number of amides is 2. The minimum atomic E-state index is -4.43. The van der Waals surface area contributed by atoms with Gasteiger partial charge in [0, 0.05) is 169 Å². The van der Waals surface area contributed by atoms with Crippen LogP contribution in [0.3, 0.4) is 0 Å². The van der Waals surface area contributed by atoms with Crippen LogP contribution < -0.4 is 31.8 Å². The Morgan fingerprint density at radius 3 is 1.00 bits per heavy atom. The predicted octanol–water partition coefficient (Wildman–Crippen LogP) is 16.7. The summed E-state index contributed by atoms with van der Waals surface area (Å²) in [5.41, 5.74) is 4.24. The number of carbonyl (C=O) groups is 4. The number of nitrogens with two attached hydrogens (primary N) is 4. The third kappa shape index (κ3) is 18.2. The van der Waals surface area contributed by atoms with Gasteiger partial charge in [-0.25, -0.2) is 98.2 Å². The maximum absolute atomic E-state index is 13.8. The molecule has 0 bridgehead atoms. The third-order valence-electron chi connectivity index (χ3n) is 10.0. The first-order valence-electron chi connectivity index (χ1n) is 58.0. The average Bonchev–Trinajstić information content (AvgIpc) is 0.804. The zero-order chi connectivity index (χ0) is 135. The van der Waals surface area contributed by atoms with Crippen LogP contribution in [0.4, 0.5) is 56.6 Å². The molecule has 20 nitrogen and oxygen atoms in total. The molecule has 6 aromatic rings. The van der Waals surface area contributed by atoms with Gasteiger partial charge in [-0.3, -0.25) is 9.59 Å². The number of carbonyl (C=O) groups excluding carboxylic acids is 4. The second kappa shape index (κ2) is 27.2. The van der Waals surface area contributed by atoms with E-state index in [0.29, 0.717) is 30.3 Å². The Kier molecular flexibility index (Phi) is 10.4. The number of nitrogens with one attached hydrogen (secondary N) is 2. The summed E-state index contributed by atoms with van der Waals surface area (Å²) in [6.45, 7) is 5.32. The van der Waals surface area contributed by atoms with Gasteiger partial charge in [0.15, 0.2) is 34.9 Å². The molecule has 10 N–H and O–H groups in total. The Labute approximate surface area is 576 Å². The molecule has 34 heteroatoms. The van der Waals surface area contributed by atoms with Crippen molar-refractivity contribution in [3.63, 3.8) is 0 Å². The summed E-state index contributed by atoms with van der Waals surface area (Å²) in [5.74, 6) is -15.8. The van der Waals surface area contributed by atoms with E-state index in [-0.39, 0.29) is 64.7 Å². The molecule has 0 aliphatic carbocycles. The molecular formula is C47H120ClF9N6O14S4. The van der Waals surface area contributed by atoms with Crippen LogP contribution in [0.25, 0.3) is 0 Å². The first-order chi connectivity index (χ1) is 73.5. The Morgan fingerprint density at radius 2 is 0.704 bits per heavy atom. The Morgan fingerprint density at radius 1 is 0.444 bits per heavy atom. The first-order valence-corrected chi connectivity index (χ1v) is 27.9. The standard InChI is InChI=1S/C14H10F4N2O3S.C14H12F3N3O3S.C9H8ClFO4S.C9H10FNO4S.CH4.38H2/c1-6-2-7(3-11(12(6)17)24(19,22)23)14(21)20-8-4-9(15)13(18)10(16)5-8;1-6-2-7(3-11(13(6)18)24(19,22)23)14(21)20-8-4-9(15)12(17)10(16)5-8;1-5-3-6(9(12)15-2)4-7(8(5)11)16(10,13)14;1-5-3-6(9(12)15-2)4-7(8(5)10)16(11,13)14;;;;;;;;;;;;;;;;;;;;;;;;;;;;;;;;;;;;;;;/h2-5H,1H3,(H,20,21)(H2,19,22,23);2-5H,18H2,1H3,(H,20,21)(H2,19,22,23);3-4H,1-2H3;3-4H,1-2H3,(H2,11,13,14);1H4;38*1H/i;;;;;37*1+1D;1+1. The van der Waals surface area contributed by atoms with Crippen molar-refractivity contribution in [2.45, 2.75) is 54.7 Å². The van der Waals surface area contributed by atoms with E-state index in [1.165, 1.54) is 45.9 Å². The van der Waals surface area contributed by atoms with Crippen molar-refractivity contribution in [2.75, 3.05) is 30.6 Å². The van der Waals surface area contributed by atoms with Crippen LogP contribution in [0.2, 0.25) is 0 Å². The Hall–Kier alpha value is -7.66. The number of rotatable bonds is 10. The maximum atomic E-state index is 13.8. The van der Waals surface area contributed by atoms with E-state index in [2.05, 4.69) is 14.8 Å². The van der Waals surface area contributed by atoms with Gasteiger partial charge in [-0.2, -0.15) is 0 Å². The van der Waals surface area contributed by atoms with E-state index in [1.807, 2.05) is 5.32 Å². The highest BCUT2D eigenvalue weighted by Crippen LogP contribution is 2.27. The number of nitrogen functional groups attached to an aromatic ring is 1. The molecule has 0 aliphatic rings. The van der Waals surface area contributed by atoms with Gasteiger partial charge in [-0.15, -0.1) is 0 Å². The molecule has 6 rings (SSSR count). The lowest BCUT2D eigenvalue weighted by Crippen LogP contribution is -2.18. The van der Waals surface area contributed by atoms with Gasteiger partial charge < -0.3 is 25.8 Å². The fourth-order valence-corrected chi connectivity index (χ4v) is 9.34. The lowest BCUT2D eigenvalue weighted by atomic mass is 10.1. The molecule has 0 aromatic heterocycles. The number of hydrogen-bond donors (Lipinski definition) is 6. The summed E-state index contributed by atoms with van der Waals surface area (Å²) in [7, 11) is -9.73. The molecular weight excluding hydrogens is 1210 g/mol. The molecule has 0 fully saturated rings. The third-order valence-corrected chi connectivity index (χ3v) is 14.1. The highest BCUT2D eigenvalue weighted by Gasteiger charge is 2.25. The summed E-state index contributed by atoms with van der Waals surface area (Å²) in [5, 5.41) is 18.9. The minimum Gasteiger partial charge on any atom is -0.465 e. The molecule has 0 saturated carbocycles. The van der Waals surface area contributed by atoms with Crippen LogP contribution >= 0.6 is 10.7 Å². The second-order valence-electron chi connectivity index (χ2n) is 16.0. The molecule has 2 amide bonds. The van der Waals surface area contributed by atoms with Crippen molar-refractivity contribution in [3.05, 3.63) is 170 Å². The zero-order valence-electron chi connectivity index (χ0n) is 115. The van der Waals surface area contributed by atoms with Crippen molar-refractivity contribution in [1.29, 1.82) is 0 Å². The van der Waals surface area contributed by atoms with Gasteiger partial charge in [0.05, 0.1) is 31.0 Å².